The monoisotopic (exact) mass is 288 g/mol. The van der Waals surface area contributed by atoms with E-state index in [1.54, 1.807) is 0 Å². The highest BCUT2D eigenvalue weighted by Gasteiger charge is 2.04. The molecular weight excluding hydrogens is 279 g/mol. The highest BCUT2D eigenvalue weighted by atomic mass is 79.9. The number of H-pyrrole nitrogens is 1. The van der Waals surface area contributed by atoms with E-state index in [1.807, 2.05) is 24.3 Å². The molecule has 0 bridgehead atoms. The Bertz CT molecular complexity index is 443. The van der Waals surface area contributed by atoms with Gasteiger partial charge in [0.15, 0.2) is 5.82 Å². The molecule has 0 radical (unpaired) electrons. The molecule has 0 aliphatic heterocycles. The third-order valence-electron chi connectivity index (χ3n) is 1.81. The number of nitrogens with two attached hydrogens (primary N) is 1. The molecule has 0 spiro atoms. The molecule has 0 fully saturated rings. The normalized spacial score (nSPS) is 9.73. The number of hydrogen-bond donors (Lipinski definition) is 2. The highest BCUT2D eigenvalue weighted by Crippen LogP contribution is 2.19. The van der Waals surface area contributed by atoms with Gasteiger partial charge in [-0.2, -0.15) is 5.10 Å². The number of halogens is 2. The van der Waals surface area contributed by atoms with Gasteiger partial charge in [0.25, 0.3) is 0 Å². The lowest BCUT2D eigenvalue weighted by atomic mass is 10.2. The summed E-state index contributed by atoms with van der Waals surface area (Å²) in [6.45, 7) is 0.376. The van der Waals surface area contributed by atoms with Crippen LogP contribution in [0.5, 0.6) is 0 Å². The maximum atomic E-state index is 5.43. The van der Waals surface area contributed by atoms with Crippen LogP contribution in [0.15, 0.2) is 28.7 Å². The second kappa shape index (κ2) is 5.25. The molecular formula is C9H10BrClN4. The Morgan fingerprint density at radius 2 is 2.20 bits per heavy atom. The minimum absolute atomic E-state index is 0. The predicted molar refractivity (Wildman–Crippen MR) is 64.7 cm³/mol. The number of hydrogen-bond acceptors (Lipinski definition) is 3. The van der Waals surface area contributed by atoms with Crippen molar-refractivity contribution in [3.63, 3.8) is 0 Å². The van der Waals surface area contributed by atoms with Crippen LogP contribution in [0.4, 0.5) is 0 Å². The average molecular weight is 290 g/mol. The van der Waals surface area contributed by atoms with Crippen molar-refractivity contribution in [2.75, 3.05) is 0 Å². The molecule has 2 aromatic rings. The number of nitrogens with one attached hydrogen (secondary N) is 1. The first-order chi connectivity index (χ1) is 6.79. The molecule has 15 heavy (non-hydrogen) atoms. The van der Waals surface area contributed by atoms with Gasteiger partial charge >= 0.3 is 0 Å². The third-order valence-corrected chi connectivity index (χ3v) is 2.30. The number of benzene rings is 1. The zero-order chi connectivity index (χ0) is 9.97. The van der Waals surface area contributed by atoms with Gasteiger partial charge in [0.05, 0.1) is 6.54 Å². The van der Waals surface area contributed by atoms with Crippen LogP contribution < -0.4 is 5.73 Å². The quantitative estimate of drug-likeness (QED) is 0.890. The largest absolute Gasteiger partial charge is 0.324 e. The summed E-state index contributed by atoms with van der Waals surface area (Å²) in [6.07, 6.45) is 0. The van der Waals surface area contributed by atoms with Gasteiger partial charge in [-0.1, -0.05) is 28.1 Å². The second-order valence-corrected chi connectivity index (χ2v) is 3.74. The van der Waals surface area contributed by atoms with Crippen molar-refractivity contribution in [1.29, 1.82) is 0 Å². The van der Waals surface area contributed by atoms with Gasteiger partial charge in [-0.25, -0.2) is 4.98 Å². The zero-order valence-electron chi connectivity index (χ0n) is 7.77. The molecule has 1 aromatic heterocycles. The van der Waals surface area contributed by atoms with Crippen LogP contribution in [0, 0.1) is 0 Å². The van der Waals surface area contributed by atoms with Gasteiger partial charge in [0.2, 0.25) is 0 Å². The Balaban J connectivity index is 0.00000112. The number of aromatic nitrogens is 3. The van der Waals surface area contributed by atoms with E-state index in [-0.39, 0.29) is 12.4 Å². The van der Waals surface area contributed by atoms with Gasteiger partial charge < -0.3 is 5.73 Å². The Morgan fingerprint density at radius 1 is 1.40 bits per heavy atom. The summed E-state index contributed by atoms with van der Waals surface area (Å²) < 4.78 is 1.01. The van der Waals surface area contributed by atoms with Crippen molar-refractivity contribution in [2.24, 2.45) is 5.73 Å². The van der Waals surface area contributed by atoms with Crippen LogP contribution in [0.1, 0.15) is 5.82 Å². The van der Waals surface area contributed by atoms with Crippen LogP contribution in [0.25, 0.3) is 11.4 Å². The van der Waals surface area contributed by atoms with Crippen LogP contribution >= 0.6 is 28.3 Å². The Kier molecular flexibility index (Phi) is 4.26. The van der Waals surface area contributed by atoms with Gasteiger partial charge in [0.1, 0.15) is 5.82 Å². The summed E-state index contributed by atoms with van der Waals surface area (Å²) in [5, 5.41) is 6.83. The average Bonchev–Trinajstić information content (AvgIpc) is 2.66. The first-order valence-corrected chi connectivity index (χ1v) is 4.96. The van der Waals surface area contributed by atoms with Crippen LogP contribution in [-0.2, 0) is 6.54 Å². The Labute approximate surface area is 102 Å². The first-order valence-electron chi connectivity index (χ1n) is 4.17. The number of aromatic amines is 1. The molecule has 3 N–H and O–H groups in total. The summed E-state index contributed by atoms with van der Waals surface area (Å²) in [5.74, 6) is 1.37. The van der Waals surface area contributed by atoms with E-state index in [9.17, 15) is 0 Å². The fourth-order valence-corrected chi connectivity index (χ4v) is 1.54. The van der Waals surface area contributed by atoms with Crippen LogP contribution in [0.2, 0.25) is 0 Å². The molecule has 4 nitrogen and oxygen atoms in total. The third kappa shape index (κ3) is 2.77. The van der Waals surface area contributed by atoms with E-state index < -0.39 is 0 Å². The Morgan fingerprint density at radius 3 is 2.80 bits per heavy atom. The molecule has 6 heteroatoms. The summed E-state index contributed by atoms with van der Waals surface area (Å²) >= 11 is 3.39. The van der Waals surface area contributed by atoms with Crippen molar-refractivity contribution < 1.29 is 0 Å². The van der Waals surface area contributed by atoms with Crippen molar-refractivity contribution >= 4 is 28.3 Å². The highest BCUT2D eigenvalue weighted by molar-refractivity contribution is 9.10. The molecule has 0 atom stereocenters. The molecule has 0 unspecified atom stereocenters. The smallest absolute Gasteiger partial charge is 0.181 e. The van der Waals surface area contributed by atoms with E-state index in [2.05, 4.69) is 31.1 Å². The second-order valence-electron chi connectivity index (χ2n) is 2.82. The van der Waals surface area contributed by atoms with E-state index in [0.717, 1.165) is 10.0 Å². The zero-order valence-corrected chi connectivity index (χ0v) is 10.2. The molecule has 0 saturated heterocycles. The summed E-state index contributed by atoms with van der Waals surface area (Å²) in [5.41, 5.74) is 6.40. The van der Waals surface area contributed by atoms with Crippen LogP contribution in [0.3, 0.4) is 0 Å². The fourth-order valence-electron chi connectivity index (χ4n) is 1.14. The molecule has 2 rings (SSSR count). The van der Waals surface area contributed by atoms with Gasteiger partial charge in [-0.3, -0.25) is 5.10 Å². The lowest BCUT2D eigenvalue weighted by molar-refractivity contribution is 0.917. The Hall–Kier alpha value is -0.910. The summed E-state index contributed by atoms with van der Waals surface area (Å²) in [4.78, 5) is 4.23. The lowest BCUT2D eigenvalue weighted by Gasteiger charge is -1.94. The molecule has 0 aliphatic carbocycles. The van der Waals surface area contributed by atoms with Crippen molar-refractivity contribution in [2.45, 2.75) is 6.54 Å². The fraction of sp³-hybridized carbons (Fsp3) is 0.111. The first kappa shape index (κ1) is 12.2. The molecule has 0 aliphatic rings. The van der Waals surface area contributed by atoms with Crippen LogP contribution in [-0.4, -0.2) is 15.2 Å². The topological polar surface area (TPSA) is 67.6 Å². The maximum absolute atomic E-state index is 5.43. The van der Waals surface area contributed by atoms with E-state index in [1.165, 1.54) is 0 Å². The van der Waals surface area contributed by atoms with Crippen molar-refractivity contribution in [3.05, 3.63) is 34.6 Å². The van der Waals surface area contributed by atoms with Gasteiger partial charge in [-0.05, 0) is 12.1 Å². The molecule has 0 amide bonds. The molecule has 0 saturated carbocycles. The molecule has 80 valence electrons. The maximum Gasteiger partial charge on any atom is 0.181 e. The summed E-state index contributed by atoms with van der Waals surface area (Å²) in [6, 6.07) is 7.82. The predicted octanol–water partition coefficient (Wildman–Crippen LogP) is 2.11. The lowest BCUT2D eigenvalue weighted by Crippen LogP contribution is -1.97. The molecule has 1 heterocycles. The number of nitrogens with zero attached hydrogens (tertiary/aromatic N) is 2. The minimum atomic E-state index is 0. The van der Waals surface area contributed by atoms with E-state index >= 15 is 0 Å². The summed E-state index contributed by atoms with van der Waals surface area (Å²) in [7, 11) is 0. The van der Waals surface area contributed by atoms with E-state index in [4.69, 9.17) is 5.73 Å². The van der Waals surface area contributed by atoms with Gasteiger partial charge in [0, 0.05) is 10.0 Å². The standard InChI is InChI=1S/C9H9BrN4.ClH/c10-7-3-1-2-6(4-7)9-12-8(5-11)13-14-9;/h1-4H,5,11H2,(H,12,13,14);1H. The SMILES string of the molecule is Cl.NCc1nc(-c2cccc(Br)c2)n[nH]1. The van der Waals surface area contributed by atoms with Crippen molar-refractivity contribution in [3.8, 4) is 11.4 Å². The van der Waals surface area contributed by atoms with Crippen molar-refractivity contribution in [1.82, 2.24) is 15.2 Å². The molecule has 1 aromatic carbocycles. The van der Waals surface area contributed by atoms with Gasteiger partial charge in [-0.15, -0.1) is 12.4 Å². The van der Waals surface area contributed by atoms with E-state index in [0.29, 0.717) is 18.2 Å². The number of rotatable bonds is 2. The minimum Gasteiger partial charge on any atom is -0.324 e.